The first-order chi connectivity index (χ1) is 9.72. The van der Waals surface area contributed by atoms with Crippen LogP contribution in [0.4, 0.5) is 0 Å². The SMILES string of the molecule is O=C(NCC1(CCO)CC1)C1COc2ccccc2C1. The smallest absolute Gasteiger partial charge is 0.226 e. The van der Waals surface area contributed by atoms with Crippen LogP contribution in [0.3, 0.4) is 0 Å². The van der Waals surface area contributed by atoms with E-state index in [2.05, 4.69) is 5.32 Å². The zero-order valence-electron chi connectivity index (χ0n) is 11.6. The molecule has 1 aromatic carbocycles. The van der Waals surface area contributed by atoms with Gasteiger partial charge in [-0.15, -0.1) is 0 Å². The Hall–Kier alpha value is -1.55. The van der Waals surface area contributed by atoms with E-state index >= 15 is 0 Å². The van der Waals surface area contributed by atoms with Crippen molar-refractivity contribution in [2.75, 3.05) is 19.8 Å². The van der Waals surface area contributed by atoms with E-state index in [9.17, 15) is 4.79 Å². The molecule has 1 amide bonds. The summed E-state index contributed by atoms with van der Waals surface area (Å²) >= 11 is 0. The Bertz CT molecular complexity index is 496. The fraction of sp³-hybridized carbons (Fsp3) is 0.562. The summed E-state index contributed by atoms with van der Waals surface area (Å²) in [5.41, 5.74) is 1.27. The number of rotatable bonds is 5. The van der Waals surface area contributed by atoms with Gasteiger partial charge in [0, 0.05) is 13.2 Å². The molecule has 1 unspecified atom stereocenters. The Morgan fingerprint density at radius 2 is 2.20 bits per heavy atom. The number of fused-ring (bicyclic) bond motifs is 1. The topological polar surface area (TPSA) is 58.6 Å². The van der Waals surface area contributed by atoms with Crippen LogP contribution in [0.15, 0.2) is 24.3 Å². The number of hydrogen-bond acceptors (Lipinski definition) is 3. The molecule has 1 heterocycles. The Morgan fingerprint density at radius 3 is 2.95 bits per heavy atom. The van der Waals surface area contributed by atoms with Gasteiger partial charge in [-0.1, -0.05) is 18.2 Å². The predicted molar refractivity (Wildman–Crippen MR) is 75.5 cm³/mol. The number of aliphatic hydroxyl groups is 1. The second kappa shape index (κ2) is 5.44. The number of ether oxygens (including phenoxy) is 1. The summed E-state index contributed by atoms with van der Waals surface area (Å²) in [6.45, 7) is 1.34. The zero-order valence-corrected chi connectivity index (χ0v) is 11.6. The molecule has 4 heteroatoms. The second-order valence-corrected chi connectivity index (χ2v) is 6.01. The maximum absolute atomic E-state index is 12.2. The fourth-order valence-corrected chi connectivity index (χ4v) is 2.84. The molecule has 108 valence electrons. The van der Waals surface area contributed by atoms with E-state index in [1.807, 2.05) is 24.3 Å². The molecule has 0 bridgehead atoms. The normalized spacial score (nSPS) is 22.6. The van der Waals surface area contributed by atoms with Gasteiger partial charge in [0.25, 0.3) is 0 Å². The van der Waals surface area contributed by atoms with E-state index in [1.165, 1.54) is 0 Å². The number of hydrogen-bond donors (Lipinski definition) is 2. The van der Waals surface area contributed by atoms with Crippen LogP contribution in [0.2, 0.25) is 0 Å². The van der Waals surface area contributed by atoms with Crippen molar-refractivity contribution in [2.24, 2.45) is 11.3 Å². The summed E-state index contributed by atoms with van der Waals surface area (Å²) in [6.07, 6.45) is 3.75. The van der Waals surface area contributed by atoms with E-state index in [-0.39, 0.29) is 23.8 Å². The molecule has 0 spiro atoms. The van der Waals surface area contributed by atoms with Gasteiger partial charge in [-0.3, -0.25) is 4.79 Å². The van der Waals surface area contributed by atoms with Gasteiger partial charge < -0.3 is 15.2 Å². The quantitative estimate of drug-likeness (QED) is 0.856. The molecule has 1 aliphatic carbocycles. The van der Waals surface area contributed by atoms with E-state index in [0.29, 0.717) is 13.2 Å². The lowest BCUT2D eigenvalue weighted by Crippen LogP contribution is -2.40. The van der Waals surface area contributed by atoms with Gasteiger partial charge in [-0.05, 0) is 42.7 Å². The van der Waals surface area contributed by atoms with Gasteiger partial charge in [-0.2, -0.15) is 0 Å². The van der Waals surface area contributed by atoms with Crippen LogP contribution < -0.4 is 10.1 Å². The van der Waals surface area contributed by atoms with Gasteiger partial charge in [0.2, 0.25) is 5.91 Å². The zero-order chi connectivity index (χ0) is 14.0. The third-order valence-corrected chi connectivity index (χ3v) is 4.49. The highest BCUT2D eigenvalue weighted by Gasteiger charge is 2.42. The van der Waals surface area contributed by atoms with Crippen LogP contribution in [-0.2, 0) is 11.2 Å². The second-order valence-electron chi connectivity index (χ2n) is 6.01. The highest BCUT2D eigenvalue weighted by atomic mass is 16.5. The number of carbonyl (C=O) groups excluding carboxylic acids is 1. The molecule has 20 heavy (non-hydrogen) atoms. The molecule has 0 radical (unpaired) electrons. The van der Waals surface area contributed by atoms with Crippen LogP contribution in [0.1, 0.15) is 24.8 Å². The summed E-state index contributed by atoms with van der Waals surface area (Å²) < 4.78 is 5.65. The first-order valence-electron chi connectivity index (χ1n) is 7.32. The molecule has 3 rings (SSSR count). The van der Waals surface area contributed by atoms with Gasteiger partial charge in [0.15, 0.2) is 0 Å². The minimum absolute atomic E-state index is 0.0729. The van der Waals surface area contributed by atoms with Crippen molar-refractivity contribution in [3.8, 4) is 5.75 Å². The van der Waals surface area contributed by atoms with Crippen LogP contribution in [-0.4, -0.2) is 30.8 Å². The van der Waals surface area contributed by atoms with Gasteiger partial charge >= 0.3 is 0 Å². The molecule has 0 saturated heterocycles. The van der Waals surface area contributed by atoms with Gasteiger partial charge in [0.1, 0.15) is 12.4 Å². The lowest BCUT2D eigenvalue weighted by Gasteiger charge is -2.25. The molecular weight excluding hydrogens is 254 g/mol. The maximum atomic E-state index is 12.2. The van der Waals surface area contributed by atoms with Crippen LogP contribution in [0.5, 0.6) is 5.75 Å². The van der Waals surface area contributed by atoms with Crippen molar-refractivity contribution in [3.05, 3.63) is 29.8 Å². The predicted octanol–water partition coefficient (Wildman–Crippen LogP) is 1.52. The third kappa shape index (κ3) is 2.80. The molecule has 1 saturated carbocycles. The summed E-state index contributed by atoms with van der Waals surface area (Å²) in [7, 11) is 0. The Morgan fingerprint density at radius 1 is 1.40 bits per heavy atom. The summed E-state index contributed by atoms with van der Waals surface area (Å²) in [5, 5.41) is 12.1. The summed E-state index contributed by atoms with van der Waals surface area (Å²) in [4.78, 5) is 12.2. The first-order valence-corrected chi connectivity index (χ1v) is 7.32. The Balaban J connectivity index is 1.54. The fourth-order valence-electron chi connectivity index (χ4n) is 2.84. The number of benzene rings is 1. The minimum atomic E-state index is -0.102. The molecular formula is C16H21NO3. The Kier molecular flexibility index (Phi) is 3.66. The first kappa shape index (κ1) is 13.4. The maximum Gasteiger partial charge on any atom is 0.226 e. The van der Waals surface area contributed by atoms with Crippen molar-refractivity contribution >= 4 is 5.91 Å². The molecule has 2 N–H and O–H groups in total. The molecule has 0 aromatic heterocycles. The molecule has 1 atom stereocenters. The molecule has 4 nitrogen and oxygen atoms in total. The van der Waals surface area contributed by atoms with E-state index in [0.717, 1.165) is 37.0 Å². The highest BCUT2D eigenvalue weighted by Crippen LogP contribution is 2.47. The lowest BCUT2D eigenvalue weighted by atomic mass is 9.95. The summed E-state index contributed by atoms with van der Waals surface area (Å²) in [6, 6.07) is 7.89. The number of aliphatic hydroxyl groups excluding tert-OH is 1. The minimum Gasteiger partial charge on any atom is -0.492 e. The molecule has 1 aliphatic heterocycles. The highest BCUT2D eigenvalue weighted by molar-refractivity contribution is 5.79. The number of nitrogens with one attached hydrogen (secondary N) is 1. The van der Waals surface area contributed by atoms with E-state index < -0.39 is 0 Å². The van der Waals surface area contributed by atoms with Crippen molar-refractivity contribution in [1.82, 2.24) is 5.32 Å². The third-order valence-electron chi connectivity index (χ3n) is 4.49. The van der Waals surface area contributed by atoms with Gasteiger partial charge in [0.05, 0.1) is 5.92 Å². The summed E-state index contributed by atoms with van der Waals surface area (Å²) in [5.74, 6) is 0.869. The average molecular weight is 275 g/mol. The average Bonchev–Trinajstić information content (AvgIpc) is 3.25. The molecule has 1 aromatic rings. The van der Waals surface area contributed by atoms with Crippen LogP contribution in [0, 0.1) is 11.3 Å². The number of carbonyl (C=O) groups is 1. The van der Waals surface area contributed by atoms with Crippen molar-refractivity contribution in [3.63, 3.8) is 0 Å². The van der Waals surface area contributed by atoms with Gasteiger partial charge in [-0.25, -0.2) is 0 Å². The monoisotopic (exact) mass is 275 g/mol. The van der Waals surface area contributed by atoms with Crippen molar-refractivity contribution in [1.29, 1.82) is 0 Å². The van der Waals surface area contributed by atoms with E-state index in [1.54, 1.807) is 0 Å². The molecule has 1 fully saturated rings. The largest absolute Gasteiger partial charge is 0.492 e. The number of para-hydroxylation sites is 1. The number of amides is 1. The van der Waals surface area contributed by atoms with Crippen LogP contribution >= 0.6 is 0 Å². The standard InChI is InChI=1S/C16H21NO3/c18-8-7-16(5-6-16)11-17-15(19)13-9-12-3-1-2-4-14(12)20-10-13/h1-4,13,18H,5-11H2,(H,17,19). The molecule has 2 aliphatic rings. The lowest BCUT2D eigenvalue weighted by molar-refractivity contribution is -0.126. The Labute approximate surface area is 119 Å². The van der Waals surface area contributed by atoms with Crippen molar-refractivity contribution in [2.45, 2.75) is 25.7 Å². The van der Waals surface area contributed by atoms with Crippen LogP contribution in [0.25, 0.3) is 0 Å². The van der Waals surface area contributed by atoms with E-state index in [4.69, 9.17) is 9.84 Å². The van der Waals surface area contributed by atoms with Crippen molar-refractivity contribution < 1.29 is 14.6 Å².